The summed E-state index contributed by atoms with van der Waals surface area (Å²) in [5, 5.41) is 1.41. The Bertz CT molecular complexity index is 918. The second kappa shape index (κ2) is 5.89. The van der Waals surface area contributed by atoms with Gasteiger partial charge in [-0.15, -0.1) is 0 Å². The van der Waals surface area contributed by atoms with Crippen LogP contribution < -0.4 is 4.72 Å². The van der Waals surface area contributed by atoms with Gasteiger partial charge in [0, 0.05) is 34.4 Å². The van der Waals surface area contributed by atoms with Gasteiger partial charge in [0.1, 0.15) is 5.65 Å². The molecular formula is C14H11Cl2N3O2S. The van der Waals surface area contributed by atoms with Gasteiger partial charge in [-0.2, -0.15) is 0 Å². The minimum absolute atomic E-state index is 0.0318. The van der Waals surface area contributed by atoms with Crippen LogP contribution in [0.4, 0.5) is 0 Å². The molecule has 5 nitrogen and oxygen atoms in total. The van der Waals surface area contributed by atoms with Crippen molar-refractivity contribution in [2.24, 2.45) is 0 Å². The third kappa shape index (κ3) is 3.10. The first-order chi connectivity index (χ1) is 10.5. The van der Waals surface area contributed by atoms with Crippen molar-refractivity contribution in [2.75, 3.05) is 0 Å². The minimum Gasteiger partial charge on any atom is -0.346 e. The molecule has 0 spiro atoms. The highest BCUT2D eigenvalue weighted by atomic mass is 35.5. The van der Waals surface area contributed by atoms with Gasteiger partial charge in [0.15, 0.2) is 0 Å². The van der Waals surface area contributed by atoms with Gasteiger partial charge in [0.2, 0.25) is 10.0 Å². The van der Waals surface area contributed by atoms with E-state index in [1.807, 2.05) is 6.07 Å². The zero-order valence-corrected chi connectivity index (χ0v) is 13.5. The number of fused-ring (bicyclic) bond motifs is 1. The van der Waals surface area contributed by atoms with Crippen LogP contribution in [0, 0.1) is 0 Å². The maximum atomic E-state index is 12.3. The molecular weight excluding hydrogens is 345 g/mol. The van der Waals surface area contributed by atoms with E-state index in [1.165, 1.54) is 18.2 Å². The molecule has 0 aliphatic carbocycles. The van der Waals surface area contributed by atoms with Crippen molar-refractivity contribution in [2.45, 2.75) is 11.4 Å². The number of sulfonamides is 1. The fourth-order valence-corrected chi connectivity index (χ4v) is 3.84. The molecule has 3 rings (SSSR count). The molecule has 2 heterocycles. The fourth-order valence-electron chi connectivity index (χ4n) is 2.11. The van der Waals surface area contributed by atoms with Crippen LogP contribution in [-0.2, 0) is 16.6 Å². The smallest absolute Gasteiger partial charge is 0.240 e. The van der Waals surface area contributed by atoms with E-state index in [9.17, 15) is 8.42 Å². The molecule has 0 saturated heterocycles. The van der Waals surface area contributed by atoms with Crippen molar-refractivity contribution >= 4 is 44.3 Å². The average Bonchev–Trinajstić information content (AvgIpc) is 2.93. The van der Waals surface area contributed by atoms with Crippen molar-refractivity contribution in [1.82, 2.24) is 14.7 Å². The Morgan fingerprint density at radius 1 is 1.14 bits per heavy atom. The van der Waals surface area contributed by atoms with Gasteiger partial charge in [0.25, 0.3) is 0 Å². The van der Waals surface area contributed by atoms with Gasteiger partial charge in [-0.05, 0) is 35.9 Å². The van der Waals surface area contributed by atoms with Crippen LogP contribution in [0.2, 0.25) is 10.0 Å². The summed E-state index contributed by atoms with van der Waals surface area (Å²) >= 11 is 11.7. The molecule has 2 aromatic heterocycles. The monoisotopic (exact) mass is 355 g/mol. The second-order valence-corrected chi connectivity index (χ2v) is 7.28. The van der Waals surface area contributed by atoms with E-state index in [2.05, 4.69) is 14.7 Å². The Balaban J connectivity index is 1.87. The molecule has 0 aliphatic heterocycles. The van der Waals surface area contributed by atoms with Gasteiger partial charge in [-0.1, -0.05) is 23.2 Å². The fraction of sp³-hybridized carbons (Fsp3) is 0.0714. The lowest BCUT2D eigenvalue weighted by molar-refractivity contribution is 0.581. The topological polar surface area (TPSA) is 74.8 Å². The van der Waals surface area contributed by atoms with Gasteiger partial charge in [-0.25, -0.2) is 18.1 Å². The molecule has 114 valence electrons. The first kappa shape index (κ1) is 15.3. The van der Waals surface area contributed by atoms with Crippen molar-refractivity contribution in [3.8, 4) is 0 Å². The predicted octanol–water partition coefficient (Wildman–Crippen LogP) is 3.35. The number of hydrogen-bond acceptors (Lipinski definition) is 3. The molecule has 0 atom stereocenters. The SMILES string of the molecule is O=S(=O)(NCc1ccnc2[nH]ccc12)c1cc(Cl)cc(Cl)c1. The van der Waals surface area contributed by atoms with Crippen LogP contribution in [-0.4, -0.2) is 18.4 Å². The zero-order chi connectivity index (χ0) is 15.7. The van der Waals surface area contributed by atoms with E-state index >= 15 is 0 Å². The number of rotatable bonds is 4. The summed E-state index contributed by atoms with van der Waals surface area (Å²) in [5.74, 6) is 0. The summed E-state index contributed by atoms with van der Waals surface area (Å²) in [7, 11) is -3.70. The number of aromatic nitrogens is 2. The lowest BCUT2D eigenvalue weighted by Gasteiger charge is -2.08. The number of pyridine rings is 1. The number of aromatic amines is 1. The van der Waals surface area contributed by atoms with E-state index in [0.717, 1.165) is 10.9 Å². The Kier molecular flexibility index (Phi) is 4.10. The van der Waals surface area contributed by atoms with Crippen molar-refractivity contribution in [1.29, 1.82) is 0 Å². The molecule has 2 N–H and O–H groups in total. The highest BCUT2D eigenvalue weighted by Crippen LogP contribution is 2.23. The normalized spacial score (nSPS) is 11.9. The van der Waals surface area contributed by atoms with E-state index in [4.69, 9.17) is 23.2 Å². The molecule has 0 fully saturated rings. The van der Waals surface area contributed by atoms with Crippen LogP contribution in [0.25, 0.3) is 11.0 Å². The van der Waals surface area contributed by atoms with Gasteiger partial charge < -0.3 is 4.98 Å². The number of halogens is 2. The lowest BCUT2D eigenvalue weighted by Crippen LogP contribution is -2.23. The number of H-pyrrole nitrogens is 1. The first-order valence-electron chi connectivity index (χ1n) is 6.32. The molecule has 0 amide bonds. The maximum absolute atomic E-state index is 12.3. The second-order valence-electron chi connectivity index (χ2n) is 4.64. The summed E-state index contributed by atoms with van der Waals surface area (Å²) in [5.41, 5.74) is 1.53. The number of nitrogens with one attached hydrogen (secondary N) is 2. The maximum Gasteiger partial charge on any atom is 0.240 e. The van der Waals surface area contributed by atoms with E-state index in [1.54, 1.807) is 18.5 Å². The number of nitrogens with zero attached hydrogens (tertiary/aromatic N) is 1. The van der Waals surface area contributed by atoms with Gasteiger partial charge >= 0.3 is 0 Å². The summed E-state index contributed by atoms with van der Waals surface area (Å²) in [6, 6.07) is 7.81. The largest absolute Gasteiger partial charge is 0.346 e. The molecule has 0 radical (unpaired) electrons. The summed E-state index contributed by atoms with van der Waals surface area (Å²) in [4.78, 5) is 7.17. The first-order valence-corrected chi connectivity index (χ1v) is 8.56. The molecule has 3 aromatic rings. The Labute approximate surface area is 137 Å². The van der Waals surface area contributed by atoms with Crippen molar-refractivity contribution in [3.05, 3.63) is 58.3 Å². The van der Waals surface area contributed by atoms with Crippen molar-refractivity contribution in [3.63, 3.8) is 0 Å². The molecule has 0 saturated carbocycles. The molecule has 0 aliphatic rings. The molecule has 0 bridgehead atoms. The quantitative estimate of drug-likeness (QED) is 0.753. The van der Waals surface area contributed by atoms with E-state index in [0.29, 0.717) is 5.65 Å². The standard InChI is InChI=1S/C14H11Cl2N3O2S/c15-10-5-11(16)7-12(6-10)22(20,21)19-8-9-1-3-17-14-13(9)2-4-18-14/h1-7,19H,8H2,(H,17,18). The Morgan fingerprint density at radius 3 is 2.59 bits per heavy atom. The van der Waals surface area contributed by atoms with Crippen molar-refractivity contribution < 1.29 is 8.42 Å². The lowest BCUT2D eigenvalue weighted by atomic mass is 10.2. The molecule has 22 heavy (non-hydrogen) atoms. The Morgan fingerprint density at radius 2 is 1.86 bits per heavy atom. The predicted molar refractivity (Wildman–Crippen MR) is 86.6 cm³/mol. The van der Waals surface area contributed by atoms with E-state index < -0.39 is 10.0 Å². The van der Waals surface area contributed by atoms with Crippen LogP contribution in [0.3, 0.4) is 0 Å². The van der Waals surface area contributed by atoms with E-state index in [-0.39, 0.29) is 21.5 Å². The summed E-state index contributed by atoms with van der Waals surface area (Å²) < 4.78 is 27.2. The molecule has 0 unspecified atom stereocenters. The van der Waals surface area contributed by atoms with Gasteiger partial charge in [-0.3, -0.25) is 0 Å². The Hall–Kier alpha value is -1.60. The van der Waals surface area contributed by atoms with Crippen LogP contribution in [0.1, 0.15) is 5.56 Å². The van der Waals surface area contributed by atoms with Crippen LogP contribution >= 0.6 is 23.2 Å². The minimum atomic E-state index is -3.70. The third-order valence-corrected chi connectivity index (χ3v) is 4.97. The molecule has 1 aromatic carbocycles. The summed E-state index contributed by atoms with van der Waals surface area (Å²) in [6.07, 6.45) is 3.38. The highest BCUT2D eigenvalue weighted by molar-refractivity contribution is 7.89. The number of hydrogen-bond donors (Lipinski definition) is 2. The zero-order valence-electron chi connectivity index (χ0n) is 11.2. The average molecular weight is 356 g/mol. The van der Waals surface area contributed by atoms with Gasteiger partial charge in [0.05, 0.1) is 4.90 Å². The van der Waals surface area contributed by atoms with Crippen LogP contribution in [0.5, 0.6) is 0 Å². The highest BCUT2D eigenvalue weighted by Gasteiger charge is 2.16. The number of benzene rings is 1. The molecule has 8 heteroatoms. The van der Waals surface area contributed by atoms with Crippen LogP contribution in [0.15, 0.2) is 47.6 Å². The third-order valence-electron chi connectivity index (χ3n) is 3.15. The summed E-state index contributed by atoms with van der Waals surface area (Å²) in [6.45, 7) is 0.142.